The van der Waals surface area contributed by atoms with Gasteiger partial charge in [-0.05, 0) is 43.1 Å². The summed E-state index contributed by atoms with van der Waals surface area (Å²) in [5, 5.41) is 32.5. The number of carboxylic acids is 1. The van der Waals surface area contributed by atoms with E-state index < -0.39 is 57.5 Å². The summed E-state index contributed by atoms with van der Waals surface area (Å²) in [5.74, 6) is -3.91. The van der Waals surface area contributed by atoms with E-state index in [0.717, 1.165) is 0 Å². The molecule has 4 aliphatic carbocycles. The second kappa shape index (κ2) is 8.91. The summed E-state index contributed by atoms with van der Waals surface area (Å²) in [6, 6.07) is 0. The van der Waals surface area contributed by atoms with E-state index in [1.807, 2.05) is 27.7 Å². The third-order valence-electron chi connectivity index (χ3n) is 11.5. The van der Waals surface area contributed by atoms with Gasteiger partial charge < -0.3 is 15.3 Å². The first kappa shape index (κ1) is 28.8. The van der Waals surface area contributed by atoms with Crippen molar-refractivity contribution >= 4 is 29.1 Å². The summed E-state index contributed by atoms with van der Waals surface area (Å²) in [6.07, 6.45) is -1.71. The average molecular weight is 531 g/mol. The van der Waals surface area contributed by atoms with Crippen LogP contribution >= 0.6 is 0 Å². The molecule has 4 rings (SSSR count). The number of carbonyl (C=O) groups excluding carboxylic acids is 4. The van der Waals surface area contributed by atoms with Crippen LogP contribution in [0.15, 0.2) is 11.1 Å². The van der Waals surface area contributed by atoms with Gasteiger partial charge in [0.1, 0.15) is 23.5 Å². The van der Waals surface area contributed by atoms with Crippen molar-refractivity contribution in [2.75, 3.05) is 0 Å². The van der Waals surface area contributed by atoms with Crippen LogP contribution < -0.4 is 0 Å². The standard InChI is InChI=1S/C30H42O8/c1-14(10-16(31)11-15(2)26(37)38)17-12-21(34)30(7)22-18(32)13-19-27(3,4)20(33)8-9-28(19,5)23(22)24(35)25(36)29(17,30)6/h14-15,17-19,25,32,36H,8-13H2,1-7H3,(H,37,38)/t14-,15+,17-,18+,19+,25-,28+,29+,30+/m1/s1. The van der Waals surface area contributed by atoms with E-state index in [-0.39, 0.29) is 61.3 Å². The van der Waals surface area contributed by atoms with Gasteiger partial charge in [-0.2, -0.15) is 0 Å². The first-order valence-corrected chi connectivity index (χ1v) is 13.8. The van der Waals surface area contributed by atoms with Gasteiger partial charge in [-0.3, -0.25) is 24.0 Å². The third-order valence-corrected chi connectivity index (χ3v) is 11.5. The van der Waals surface area contributed by atoms with E-state index in [1.165, 1.54) is 6.92 Å². The molecule has 0 saturated heterocycles. The lowest BCUT2D eigenvalue weighted by atomic mass is 9.42. The van der Waals surface area contributed by atoms with Crippen LogP contribution in [0.25, 0.3) is 0 Å². The summed E-state index contributed by atoms with van der Waals surface area (Å²) in [7, 11) is 0. The molecule has 4 aliphatic rings. The quantitative estimate of drug-likeness (QED) is 0.474. The molecule has 0 aromatic heterocycles. The van der Waals surface area contributed by atoms with Crippen molar-refractivity contribution in [3.05, 3.63) is 11.1 Å². The lowest BCUT2D eigenvalue weighted by Crippen LogP contribution is -2.64. The summed E-state index contributed by atoms with van der Waals surface area (Å²) in [6.45, 7) is 12.4. The lowest BCUT2D eigenvalue weighted by molar-refractivity contribution is -0.158. The fourth-order valence-electron chi connectivity index (χ4n) is 8.95. The number of rotatable bonds is 6. The zero-order chi connectivity index (χ0) is 28.7. The Balaban J connectivity index is 1.80. The molecule has 2 fully saturated rings. The minimum Gasteiger partial charge on any atom is -0.481 e. The Morgan fingerprint density at radius 2 is 1.58 bits per heavy atom. The average Bonchev–Trinajstić information content (AvgIpc) is 3.03. The highest BCUT2D eigenvalue weighted by atomic mass is 16.4. The number of fused-ring (bicyclic) bond motifs is 4. The van der Waals surface area contributed by atoms with Crippen molar-refractivity contribution in [2.24, 2.45) is 45.3 Å². The molecule has 0 radical (unpaired) electrons. The SMILES string of the molecule is C[C@H](CC(=O)C[C@H](C)C(=O)O)[C@H]1CC(=O)[C@@]2(C)C3=C(C(=O)[C@@H](O)[C@]12C)[C@@]1(C)CCC(=O)C(C)(C)[C@@H]1C[C@@H]3O. The van der Waals surface area contributed by atoms with Crippen LogP contribution in [0.4, 0.5) is 0 Å². The van der Waals surface area contributed by atoms with E-state index >= 15 is 0 Å². The van der Waals surface area contributed by atoms with E-state index in [4.69, 9.17) is 0 Å². The van der Waals surface area contributed by atoms with E-state index in [1.54, 1.807) is 13.8 Å². The van der Waals surface area contributed by atoms with Gasteiger partial charge in [-0.15, -0.1) is 0 Å². The first-order chi connectivity index (χ1) is 17.4. The maximum Gasteiger partial charge on any atom is 0.306 e. The number of ketones is 4. The molecule has 8 heteroatoms. The number of hydrogen-bond donors (Lipinski definition) is 3. The van der Waals surface area contributed by atoms with E-state index in [0.29, 0.717) is 17.6 Å². The molecule has 0 heterocycles. The minimum absolute atomic E-state index is 0.0344. The zero-order valence-corrected chi connectivity index (χ0v) is 23.6. The maximum atomic E-state index is 14.1. The van der Waals surface area contributed by atoms with E-state index in [9.17, 15) is 39.3 Å². The molecule has 8 nitrogen and oxygen atoms in total. The second-order valence-corrected chi connectivity index (χ2v) is 13.7. The van der Waals surface area contributed by atoms with Crippen LogP contribution in [0.1, 0.15) is 87.0 Å². The Labute approximate surface area is 224 Å². The summed E-state index contributed by atoms with van der Waals surface area (Å²) in [5.41, 5.74) is -3.37. The van der Waals surface area contributed by atoms with E-state index in [2.05, 4.69) is 0 Å². The second-order valence-electron chi connectivity index (χ2n) is 13.7. The maximum absolute atomic E-state index is 14.1. The van der Waals surface area contributed by atoms with Crippen LogP contribution in [0.3, 0.4) is 0 Å². The van der Waals surface area contributed by atoms with Crippen molar-refractivity contribution in [1.82, 2.24) is 0 Å². The van der Waals surface area contributed by atoms with Gasteiger partial charge >= 0.3 is 5.97 Å². The molecule has 0 bridgehead atoms. The lowest BCUT2D eigenvalue weighted by Gasteiger charge is -2.61. The number of Topliss-reactive ketones (excluding diaryl/α,β-unsaturated/α-hetero) is 4. The Morgan fingerprint density at radius 3 is 2.16 bits per heavy atom. The van der Waals surface area contributed by atoms with Gasteiger partial charge in [0.05, 0.1) is 17.4 Å². The number of aliphatic carboxylic acids is 1. The van der Waals surface area contributed by atoms with Crippen molar-refractivity contribution in [3.63, 3.8) is 0 Å². The smallest absolute Gasteiger partial charge is 0.306 e. The molecule has 0 aromatic rings. The highest BCUT2D eigenvalue weighted by molar-refractivity contribution is 6.08. The van der Waals surface area contributed by atoms with Gasteiger partial charge in [0.2, 0.25) is 0 Å². The van der Waals surface area contributed by atoms with Crippen molar-refractivity contribution in [3.8, 4) is 0 Å². The Kier molecular flexibility index (Phi) is 6.76. The normalized spacial score (nSPS) is 41.8. The number of aliphatic hydroxyl groups excluding tert-OH is 2. The van der Waals surface area contributed by atoms with Crippen molar-refractivity contribution < 1.29 is 39.3 Å². The molecule has 0 aromatic carbocycles. The highest BCUT2D eigenvalue weighted by Gasteiger charge is 2.73. The Bertz CT molecular complexity index is 1150. The van der Waals surface area contributed by atoms with Crippen molar-refractivity contribution in [1.29, 1.82) is 0 Å². The number of carbonyl (C=O) groups is 5. The van der Waals surface area contributed by atoms with Gasteiger partial charge in [0.15, 0.2) is 5.78 Å². The number of aliphatic hydroxyl groups is 2. The molecule has 0 unspecified atom stereocenters. The highest BCUT2D eigenvalue weighted by Crippen LogP contribution is 2.70. The van der Waals surface area contributed by atoms with Crippen LogP contribution in [0, 0.1) is 45.3 Å². The predicted octanol–water partition coefficient (Wildman–Crippen LogP) is 3.31. The van der Waals surface area contributed by atoms with Crippen LogP contribution in [-0.4, -0.2) is 56.6 Å². The molecule has 3 N–H and O–H groups in total. The molecular weight excluding hydrogens is 488 g/mol. The summed E-state index contributed by atoms with van der Waals surface area (Å²) < 4.78 is 0. The topological polar surface area (TPSA) is 146 Å². The molecule has 210 valence electrons. The fourth-order valence-corrected chi connectivity index (χ4v) is 8.95. The number of hydrogen-bond acceptors (Lipinski definition) is 7. The molecule has 0 spiro atoms. The summed E-state index contributed by atoms with van der Waals surface area (Å²) in [4.78, 5) is 64.8. The van der Waals surface area contributed by atoms with Gasteiger partial charge in [0, 0.05) is 47.5 Å². The largest absolute Gasteiger partial charge is 0.481 e. The van der Waals surface area contributed by atoms with Crippen molar-refractivity contribution in [2.45, 2.75) is 99.2 Å². The first-order valence-electron chi connectivity index (χ1n) is 13.8. The molecule has 9 atom stereocenters. The fraction of sp³-hybridized carbons (Fsp3) is 0.767. The molecule has 2 saturated carbocycles. The molecular formula is C30H42O8. The Hall–Kier alpha value is -2.19. The van der Waals surface area contributed by atoms with Crippen LogP contribution in [0.2, 0.25) is 0 Å². The summed E-state index contributed by atoms with van der Waals surface area (Å²) >= 11 is 0. The molecule has 0 aliphatic heterocycles. The van der Waals surface area contributed by atoms with Crippen LogP contribution in [-0.2, 0) is 24.0 Å². The molecule has 0 amide bonds. The van der Waals surface area contributed by atoms with Gasteiger partial charge in [-0.1, -0.05) is 41.5 Å². The Morgan fingerprint density at radius 1 is 0.974 bits per heavy atom. The van der Waals surface area contributed by atoms with Gasteiger partial charge in [-0.25, -0.2) is 0 Å². The molecule has 38 heavy (non-hydrogen) atoms. The predicted molar refractivity (Wildman–Crippen MR) is 138 cm³/mol. The number of carboxylic acid groups (broad SMARTS) is 1. The zero-order valence-electron chi connectivity index (χ0n) is 23.6. The monoisotopic (exact) mass is 530 g/mol. The third kappa shape index (κ3) is 3.58. The minimum atomic E-state index is -1.51. The van der Waals surface area contributed by atoms with Gasteiger partial charge in [0.25, 0.3) is 0 Å². The van der Waals surface area contributed by atoms with Crippen LogP contribution in [0.5, 0.6) is 0 Å².